The summed E-state index contributed by atoms with van der Waals surface area (Å²) in [4.78, 5) is 12.5. The van der Waals surface area contributed by atoms with Gasteiger partial charge in [0.1, 0.15) is 0 Å². The van der Waals surface area contributed by atoms with Crippen LogP contribution in [0.5, 0.6) is 0 Å². The quantitative estimate of drug-likeness (QED) is 0.0422. The lowest BCUT2D eigenvalue weighted by Gasteiger charge is -2.19. The fourth-order valence-corrected chi connectivity index (χ4v) is 8.90. The van der Waals surface area contributed by atoms with Crippen LogP contribution in [0, 0.1) is 0 Å². The third-order valence-corrected chi connectivity index (χ3v) is 13.2. The molecule has 0 heterocycles. The molecule has 0 radical (unpaired) electrons. The van der Waals surface area contributed by atoms with E-state index in [-0.39, 0.29) is 12.5 Å². The van der Waals surface area contributed by atoms with Crippen molar-refractivity contribution in [1.82, 2.24) is 5.32 Å². The number of unbranched alkanes of at least 4 members (excludes halogenated alkanes) is 43. The Morgan fingerprint density at radius 3 is 0.951 bits per heavy atom. The molecule has 4 nitrogen and oxygen atoms in total. The summed E-state index contributed by atoms with van der Waals surface area (Å²) in [5.74, 6) is -0.0666. The predicted molar refractivity (Wildman–Crippen MR) is 272 cm³/mol. The zero-order chi connectivity index (χ0) is 44.2. The Bertz CT molecular complexity index is 886. The van der Waals surface area contributed by atoms with E-state index in [1.54, 1.807) is 6.08 Å². The molecule has 0 spiro atoms. The molecule has 61 heavy (non-hydrogen) atoms. The summed E-state index contributed by atoms with van der Waals surface area (Å²) in [7, 11) is 0. The average molecular weight is 859 g/mol. The topological polar surface area (TPSA) is 69.6 Å². The molecule has 2 unspecified atom stereocenters. The Morgan fingerprint density at radius 1 is 0.377 bits per heavy atom. The average Bonchev–Trinajstić information content (AvgIpc) is 3.26. The first-order chi connectivity index (χ1) is 30.2. The number of amides is 1. The fraction of sp³-hybridized carbons (Fsp3) is 0.912. The molecule has 4 heteroatoms. The Morgan fingerprint density at radius 2 is 0.639 bits per heavy atom. The summed E-state index contributed by atoms with van der Waals surface area (Å²) in [6.45, 7) is 4.34. The van der Waals surface area contributed by atoms with Crippen molar-refractivity contribution in [2.75, 3.05) is 6.61 Å². The monoisotopic (exact) mass is 858 g/mol. The van der Waals surface area contributed by atoms with Crippen LogP contribution in [0.2, 0.25) is 0 Å². The van der Waals surface area contributed by atoms with Gasteiger partial charge in [0.25, 0.3) is 0 Å². The summed E-state index contributed by atoms with van der Waals surface area (Å²) in [6.07, 6.45) is 70.6. The van der Waals surface area contributed by atoms with E-state index >= 15 is 0 Å². The highest BCUT2D eigenvalue weighted by Gasteiger charge is 2.18. The molecule has 0 bridgehead atoms. The number of allylic oxidation sites excluding steroid dienone is 3. The van der Waals surface area contributed by atoms with Gasteiger partial charge in [0, 0.05) is 6.42 Å². The summed E-state index contributed by atoms with van der Waals surface area (Å²) >= 11 is 0. The fourth-order valence-electron chi connectivity index (χ4n) is 8.90. The molecule has 3 N–H and O–H groups in total. The minimum atomic E-state index is -0.859. The van der Waals surface area contributed by atoms with Gasteiger partial charge in [-0.05, 0) is 32.1 Å². The molecule has 0 fully saturated rings. The Kier molecular flexibility index (Phi) is 52.2. The van der Waals surface area contributed by atoms with Crippen molar-refractivity contribution in [3.63, 3.8) is 0 Å². The van der Waals surface area contributed by atoms with Gasteiger partial charge in [0.05, 0.1) is 18.8 Å². The van der Waals surface area contributed by atoms with Gasteiger partial charge in [-0.15, -0.1) is 0 Å². The van der Waals surface area contributed by atoms with Crippen molar-refractivity contribution in [3.8, 4) is 0 Å². The van der Waals surface area contributed by atoms with Crippen molar-refractivity contribution in [3.05, 3.63) is 24.3 Å². The van der Waals surface area contributed by atoms with Crippen LogP contribution in [0.4, 0.5) is 0 Å². The molecule has 0 aromatic carbocycles. The summed E-state index contributed by atoms with van der Waals surface area (Å²) in [6, 6.07) is -0.636. The van der Waals surface area contributed by atoms with Gasteiger partial charge >= 0.3 is 0 Å². The van der Waals surface area contributed by atoms with Gasteiger partial charge in [0.15, 0.2) is 0 Å². The number of nitrogens with one attached hydrogen (secondary N) is 1. The lowest BCUT2D eigenvalue weighted by Crippen LogP contribution is -2.45. The second-order valence-electron chi connectivity index (χ2n) is 19.4. The number of carbonyl (C=O) groups excluding carboxylic acids is 1. The van der Waals surface area contributed by atoms with Crippen LogP contribution in [-0.4, -0.2) is 34.9 Å². The van der Waals surface area contributed by atoms with Gasteiger partial charge < -0.3 is 15.5 Å². The summed E-state index contributed by atoms with van der Waals surface area (Å²) in [5.41, 5.74) is 0. The van der Waals surface area contributed by atoms with Gasteiger partial charge in [-0.2, -0.15) is 0 Å². The highest BCUT2D eigenvalue weighted by molar-refractivity contribution is 5.76. The normalized spacial score (nSPS) is 12.9. The molecule has 0 saturated heterocycles. The molecule has 0 rings (SSSR count). The Balaban J connectivity index is 3.47. The largest absolute Gasteiger partial charge is 0.394 e. The Labute approximate surface area is 383 Å². The number of aliphatic hydroxyl groups is 2. The molecule has 0 aromatic heterocycles. The highest BCUT2D eigenvalue weighted by atomic mass is 16.3. The first kappa shape index (κ1) is 59.9. The molecule has 0 aliphatic heterocycles. The molecular weight excluding hydrogens is 747 g/mol. The van der Waals surface area contributed by atoms with E-state index in [1.165, 1.54) is 263 Å². The van der Waals surface area contributed by atoms with Crippen molar-refractivity contribution >= 4 is 5.91 Å². The third kappa shape index (κ3) is 49.7. The van der Waals surface area contributed by atoms with Crippen LogP contribution in [0.15, 0.2) is 24.3 Å². The number of hydrogen-bond acceptors (Lipinski definition) is 3. The molecule has 1 amide bonds. The lowest BCUT2D eigenvalue weighted by molar-refractivity contribution is -0.123. The molecule has 0 aromatic rings. The van der Waals surface area contributed by atoms with Crippen molar-refractivity contribution in [2.24, 2.45) is 0 Å². The molecule has 0 saturated carbocycles. The second-order valence-corrected chi connectivity index (χ2v) is 19.4. The molecule has 0 aliphatic rings. The number of carbonyl (C=O) groups is 1. The summed E-state index contributed by atoms with van der Waals surface area (Å²) < 4.78 is 0. The number of rotatable bonds is 52. The SMILES string of the molecule is CCCCCCCCCCCCCCCCC/C=C/CC/C=C/C(O)C(CO)NC(=O)CCCCCCCCCCCCCCCCCCCCCCCCCCCCCC. The van der Waals surface area contributed by atoms with Crippen LogP contribution >= 0.6 is 0 Å². The maximum Gasteiger partial charge on any atom is 0.220 e. The first-order valence-corrected chi connectivity index (χ1v) is 28.1. The maximum absolute atomic E-state index is 12.5. The molecule has 2 atom stereocenters. The summed E-state index contributed by atoms with van der Waals surface area (Å²) in [5, 5.41) is 23.1. The number of aliphatic hydroxyl groups excluding tert-OH is 2. The first-order valence-electron chi connectivity index (χ1n) is 28.1. The van der Waals surface area contributed by atoms with Crippen molar-refractivity contribution in [2.45, 2.75) is 328 Å². The molecule has 0 aliphatic carbocycles. The minimum Gasteiger partial charge on any atom is -0.394 e. The highest BCUT2D eigenvalue weighted by Crippen LogP contribution is 2.18. The van der Waals surface area contributed by atoms with E-state index in [4.69, 9.17) is 0 Å². The standard InChI is InChI=1S/C57H111NO3/c1-3-5-7-9-11-13-15-17-19-21-23-25-26-27-28-29-30-31-33-35-37-39-41-43-45-47-49-51-53-57(61)58-55(54-59)56(60)52-50-48-46-44-42-40-38-36-34-32-24-22-20-18-16-14-12-10-8-6-4-2/h42,44,50,52,55-56,59-60H,3-41,43,45-49,51,53-54H2,1-2H3,(H,58,61)/b44-42+,52-50+. The van der Waals surface area contributed by atoms with E-state index in [0.29, 0.717) is 6.42 Å². The van der Waals surface area contributed by atoms with Gasteiger partial charge in [-0.3, -0.25) is 4.79 Å². The number of hydrogen-bond donors (Lipinski definition) is 3. The smallest absolute Gasteiger partial charge is 0.220 e. The van der Waals surface area contributed by atoms with Crippen molar-refractivity contribution < 1.29 is 15.0 Å². The minimum absolute atomic E-state index is 0.0666. The van der Waals surface area contributed by atoms with Gasteiger partial charge in [-0.25, -0.2) is 0 Å². The van der Waals surface area contributed by atoms with Gasteiger partial charge in [-0.1, -0.05) is 301 Å². The maximum atomic E-state index is 12.5. The third-order valence-electron chi connectivity index (χ3n) is 13.2. The Hall–Kier alpha value is -1.13. The van der Waals surface area contributed by atoms with E-state index < -0.39 is 12.1 Å². The van der Waals surface area contributed by atoms with Crippen LogP contribution in [0.1, 0.15) is 316 Å². The van der Waals surface area contributed by atoms with Crippen molar-refractivity contribution in [1.29, 1.82) is 0 Å². The zero-order valence-corrected chi connectivity index (χ0v) is 41.7. The van der Waals surface area contributed by atoms with E-state index in [9.17, 15) is 15.0 Å². The zero-order valence-electron chi connectivity index (χ0n) is 41.7. The molecular formula is C57H111NO3. The van der Waals surface area contributed by atoms with Gasteiger partial charge in [0.2, 0.25) is 5.91 Å². The van der Waals surface area contributed by atoms with Crippen LogP contribution in [0.3, 0.4) is 0 Å². The molecule has 362 valence electrons. The van der Waals surface area contributed by atoms with E-state index in [0.717, 1.165) is 32.1 Å². The van der Waals surface area contributed by atoms with E-state index in [1.807, 2.05) is 6.08 Å². The predicted octanol–water partition coefficient (Wildman–Crippen LogP) is 18.3. The van der Waals surface area contributed by atoms with Crippen LogP contribution < -0.4 is 5.32 Å². The van der Waals surface area contributed by atoms with Crippen LogP contribution in [0.25, 0.3) is 0 Å². The van der Waals surface area contributed by atoms with Crippen LogP contribution in [-0.2, 0) is 4.79 Å². The second kappa shape index (κ2) is 53.2. The lowest BCUT2D eigenvalue weighted by atomic mass is 10.0. The van der Waals surface area contributed by atoms with E-state index in [2.05, 4.69) is 31.3 Å².